The highest BCUT2D eigenvalue weighted by Gasteiger charge is 2.17. The molecule has 0 aliphatic heterocycles. The molecule has 0 aliphatic carbocycles. The van der Waals surface area contributed by atoms with Crippen molar-refractivity contribution in [3.63, 3.8) is 0 Å². The molecule has 7 heteroatoms. The number of aryl methyl sites for hydroxylation is 1. The first-order valence-corrected chi connectivity index (χ1v) is 7.53. The molecule has 2 rings (SSSR count). The van der Waals surface area contributed by atoms with Crippen molar-refractivity contribution in [3.8, 4) is 11.5 Å². The number of methoxy groups -OCH3 is 2. The number of benzene rings is 1. The Labute approximate surface area is 132 Å². The van der Waals surface area contributed by atoms with Crippen molar-refractivity contribution in [2.45, 2.75) is 13.0 Å². The molecule has 0 spiro atoms. The predicted octanol–water partition coefficient (Wildman–Crippen LogP) is 1.93. The van der Waals surface area contributed by atoms with Crippen LogP contribution in [-0.4, -0.2) is 36.8 Å². The van der Waals surface area contributed by atoms with Crippen molar-refractivity contribution in [1.82, 2.24) is 10.3 Å². The molecule has 2 N–H and O–H groups in total. The minimum atomic E-state index is -0.901. The minimum Gasteiger partial charge on any atom is -0.497 e. The van der Waals surface area contributed by atoms with Gasteiger partial charge in [0, 0.05) is 12.1 Å². The number of aromatic nitrogens is 1. The van der Waals surface area contributed by atoms with Gasteiger partial charge in [-0.3, -0.25) is 4.79 Å². The van der Waals surface area contributed by atoms with Crippen LogP contribution in [0.4, 0.5) is 0 Å². The van der Waals surface area contributed by atoms with Gasteiger partial charge >= 0.3 is 0 Å². The molecule has 0 aliphatic rings. The Morgan fingerprint density at radius 3 is 2.77 bits per heavy atom. The van der Waals surface area contributed by atoms with Crippen molar-refractivity contribution in [3.05, 3.63) is 39.8 Å². The van der Waals surface area contributed by atoms with Crippen LogP contribution in [0.5, 0.6) is 11.5 Å². The molecule has 0 radical (unpaired) electrons. The van der Waals surface area contributed by atoms with E-state index >= 15 is 0 Å². The number of thiazole rings is 1. The zero-order chi connectivity index (χ0) is 16.1. The van der Waals surface area contributed by atoms with Gasteiger partial charge in [-0.05, 0) is 25.1 Å². The molecule has 0 saturated carbocycles. The molecule has 0 bridgehead atoms. The van der Waals surface area contributed by atoms with Crippen LogP contribution in [0.15, 0.2) is 23.7 Å². The van der Waals surface area contributed by atoms with Gasteiger partial charge in [-0.15, -0.1) is 11.3 Å². The van der Waals surface area contributed by atoms with Crippen LogP contribution in [0.1, 0.15) is 27.0 Å². The molecule has 0 saturated heterocycles. The van der Waals surface area contributed by atoms with E-state index in [9.17, 15) is 9.90 Å². The summed E-state index contributed by atoms with van der Waals surface area (Å²) in [5.74, 6) is 0.900. The third kappa shape index (κ3) is 3.55. The molecule has 118 valence electrons. The van der Waals surface area contributed by atoms with E-state index in [1.54, 1.807) is 37.7 Å². The second kappa shape index (κ2) is 7.24. The average molecular weight is 322 g/mol. The summed E-state index contributed by atoms with van der Waals surface area (Å²) in [6.07, 6.45) is -0.901. The number of aliphatic hydroxyl groups excluding tert-OH is 1. The van der Waals surface area contributed by atoms with Gasteiger partial charge in [0.2, 0.25) is 0 Å². The van der Waals surface area contributed by atoms with Crippen LogP contribution in [0, 0.1) is 6.92 Å². The first kappa shape index (κ1) is 16.3. The van der Waals surface area contributed by atoms with E-state index in [-0.39, 0.29) is 12.5 Å². The Hall–Kier alpha value is -2.12. The zero-order valence-electron chi connectivity index (χ0n) is 12.6. The van der Waals surface area contributed by atoms with E-state index in [0.717, 1.165) is 0 Å². The third-order valence-corrected chi connectivity index (χ3v) is 4.13. The first-order chi connectivity index (χ1) is 10.6. The van der Waals surface area contributed by atoms with Crippen molar-refractivity contribution < 1.29 is 19.4 Å². The van der Waals surface area contributed by atoms with Gasteiger partial charge in [0.15, 0.2) is 0 Å². The normalized spacial score (nSPS) is 11.8. The summed E-state index contributed by atoms with van der Waals surface area (Å²) in [5.41, 5.74) is 2.85. The van der Waals surface area contributed by atoms with Gasteiger partial charge in [0.1, 0.15) is 22.5 Å². The fourth-order valence-electron chi connectivity index (χ4n) is 2.00. The first-order valence-electron chi connectivity index (χ1n) is 6.65. The lowest BCUT2D eigenvalue weighted by Gasteiger charge is -2.16. The number of carbonyl (C=O) groups excluding carboxylic acids is 1. The second-order valence-electron chi connectivity index (χ2n) is 4.60. The van der Waals surface area contributed by atoms with Crippen LogP contribution < -0.4 is 14.8 Å². The van der Waals surface area contributed by atoms with Gasteiger partial charge in [-0.1, -0.05) is 0 Å². The van der Waals surface area contributed by atoms with E-state index in [4.69, 9.17) is 9.47 Å². The number of ether oxygens (including phenoxy) is 2. The SMILES string of the molecule is COc1ccc(OC)c(C(O)CNC(=O)c2scnc2C)c1. The summed E-state index contributed by atoms with van der Waals surface area (Å²) in [7, 11) is 3.07. The largest absolute Gasteiger partial charge is 0.497 e. The summed E-state index contributed by atoms with van der Waals surface area (Å²) in [4.78, 5) is 16.6. The second-order valence-corrected chi connectivity index (χ2v) is 5.46. The molecule has 1 atom stereocenters. The Kier molecular flexibility index (Phi) is 5.35. The average Bonchev–Trinajstić information content (AvgIpc) is 2.97. The third-order valence-electron chi connectivity index (χ3n) is 3.20. The fourth-order valence-corrected chi connectivity index (χ4v) is 2.72. The molecule has 22 heavy (non-hydrogen) atoms. The number of carbonyl (C=O) groups is 1. The summed E-state index contributed by atoms with van der Waals surface area (Å²) < 4.78 is 10.4. The summed E-state index contributed by atoms with van der Waals surface area (Å²) in [6.45, 7) is 1.84. The smallest absolute Gasteiger partial charge is 0.263 e. The van der Waals surface area contributed by atoms with Crippen molar-refractivity contribution in [1.29, 1.82) is 0 Å². The van der Waals surface area contributed by atoms with Crippen LogP contribution >= 0.6 is 11.3 Å². The Bertz CT molecular complexity index is 657. The van der Waals surface area contributed by atoms with E-state index < -0.39 is 6.10 Å². The molecule has 1 unspecified atom stereocenters. The summed E-state index contributed by atoms with van der Waals surface area (Å²) in [6, 6.07) is 5.15. The van der Waals surface area contributed by atoms with Crippen molar-refractivity contribution in [2.24, 2.45) is 0 Å². The van der Waals surface area contributed by atoms with Gasteiger partial charge < -0.3 is 19.9 Å². The molecule has 6 nitrogen and oxygen atoms in total. The molecule has 1 heterocycles. The quantitative estimate of drug-likeness (QED) is 0.849. The fraction of sp³-hybridized carbons (Fsp3) is 0.333. The van der Waals surface area contributed by atoms with E-state index in [0.29, 0.717) is 27.6 Å². The predicted molar refractivity (Wildman–Crippen MR) is 83.7 cm³/mol. The van der Waals surface area contributed by atoms with Gasteiger partial charge in [-0.2, -0.15) is 0 Å². The number of nitrogens with one attached hydrogen (secondary N) is 1. The topological polar surface area (TPSA) is 80.7 Å². The monoisotopic (exact) mass is 322 g/mol. The number of hydrogen-bond donors (Lipinski definition) is 2. The van der Waals surface area contributed by atoms with Gasteiger partial charge in [-0.25, -0.2) is 4.98 Å². The molecule has 1 aromatic heterocycles. The van der Waals surface area contributed by atoms with Crippen LogP contribution in [0.25, 0.3) is 0 Å². The molecule has 2 aromatic rings. The zero-order valence-corrected chi connectivity index (χ0v) is 13.4. The minimum absolute atomic E-state index is 0.0691. The standard InChI is InChI=1S/C15H18N2O4S/c1-9-14(22-8-17-9)15(19)16-7-12(18)11-6-10(20-2)4-5-13(11)21-3/h4-6,8,12,18H,7H2,1-3H3,(H,16,19). The molecule has 0 fully saturated rings. The van der Waals surface area contributed by atoms with E-state index in [1.807, 2.05) is 0 Å². The molecule has 1 amide bonds. The number of nitrogens with zero attached hydrogens (tertiary/aromatic N) is 1. The van der Waals surface area contributed by atoms with Gasteiger partial charge in [0.25, 0.3) is 5.91 Å². The molecular formula is C15H18N2O4S. The number of aliphatic hydroxyl groups is 1. The highest BCUT2D eigenvalue weighted by atomic mass is 32.1. The van der Waals surface area contributed by atoms with Crippen LogP contribution in [0.2, 0.25) is 0 Å². The highest BCUT2D eigenvalue weighted by Crippen LogP contribution is 2.29. The maximum atomic E-state index is 12.0. The van der Waals surface area contributed by atoms with Crippen molar-refractivity contribution in [2.75, 3.05) is 20.8 Å². The lowest BCUT2D eigenvalue weighted by Crippen LogP contribution is -2.28. The lowest BCUT2D eigenvalue weighted by atomic mass is 10.1. The molecule has 1 aromatic carbocycles. The Morgan fingerprint density at radius 2 is 2.18 bits per heavy atom. The van der Waals surface area contributed by atoms with Crippen LogP contribution in [-0.2, 0) is 0 Å². The maximum absolute atomic E-state index is 12.0. The van der Waals surface area contributed by atoms with E-state index in [1.165, 1.54) is 18.4 Å². The van der Waals surface area contributed by atoms with Crippen molar-refractivity contribution >= 4 is 17.2 Å². The number of rotatable bonds is 6. The number of amides is 1. The summed E-state index contributed by atoms with van der Waals surface area (Å²) >= 11 is 1.27. The number of hydrogen-bond acceptors (Lipinski definition) is 6. The Balaban J connectivity index is 2.07. The van der Waals surface area contributed by atoms with Crippen LogP contribution in [0.3, 0.4) is 0 Å². The summed E-state index contributed by atoms with van der Waals surface area (Å²) in [5, 5.41) is 13.0. The maximum Gasteiger partial charge on any atom is 0.263 e. The highest BCUT2D eigenvalue weighted by molar-refractivity contribution is 7.11. The van der Waals surface area contributed by atoms with Gasteiger partial charge in [0.05, 0.1) is 25.4 Å². The lowest BCUT2D eigenvalue weighted by molar-refractivity contribution is 0.0917. The molecular weight excluding hydrogens is 304 g/mol. The van der Waals surface area contributed by atoms with E-state index in [2.05, 4.69) is 10.3 Å². The Morgan fingerprint density at radius 1 is 1.41 bits per heavy atom.